The Morgan fingerprint density at radius 2 is 1.57 bits per heavy atom. The maximum Gasteiger partial charge on any atom is 0.333 e. The number of urea groups is 1. The first-order chi connectivity index (χ1) is 11.0. The molecule has 0 fully saturated rings. The molecule has 0 radical (unpaired) electrons. The van der Waals surface area contributed by atoms with Crippen molar-refractivity contribution < 1.29 is 13.2 Å². The molecule has 8 heteroatoms. The van der Waals surface area contributed by atoms with Gasteiger partial charge in [-0.15, -0.1) is 4.83 Å². The third-order valence-electron chi connectivity index (χ3n) is 3.61. The van der Waals surface area contributed by atoms with Crippen molar-refractivity contribution in [3.63, 3.8) is 0 Å². The van der Waals surface area contributed by atoms with Gasteiger partial charge < -0.3 is 10.6 Å². The molecule has 2 amide bonds. The van der Waals surface area contributed by atoms with Crippen LogP contribution in [0.1, 0.15) is 11.1 Å². The lowest BCUT2D eigenvalue weighted by atomic mass is 10.1. The molecule has 0 bridgehead atoms. The zero-order chi connectivity index (χ0) is 16.4. The summed E-state index contributed by atoms with van der Waals surface area (Å²) in [6, 6.07) is 12.9. The molecule has 0 spiro atoms. The highest BCUT2D eigenvalue weighted by Crippen LogP contribution is 2.21. The number of amides is 2. The average Bonchev–Trinajstić information content (AvgIpc) is 2.97. The van der Waals surface area contributed by atoms with Crippen LogP contribution in [-0.2, 0) is 23.1 Å². The fourth-order valence-electron chi connectivity index (χ4n) is 2.37. The lowest BCUT2D eigenvalue weighted by molar-refractivity contribution is 0.196. The minimum atomic E-state index is -3.83. The van der Waals surface area contributed by atoms with E-state index in [0.717, 1.165) is 11.1 Å². The van der Waals surface area contributed by atoms with Gasteiger partial charge in [0, 0.05) is 18.8 Å². The molecular weight excluding hydrogens is 316 g/mol. The summed E-state index contributed by atoms with van der Waals surface area (Å²) in [6.07, 6.45) is 0. The van der Waals surface area contributed by atoms with E-state index in [4.69, 9.17) is 5.73 Å². The molecule has 2 aromatic rings. The summed E-state index contributed by atoms with van der Waals surface area (Å²) in [4.78, 5) is 15.8. The van der Waals surface area contributed by atoms with E-state index in [9.17, 15) is 13.2 Å². The third kappa shape index (κ3) is 3.27. The first-order valence-electron chi connectivity index (χ1n) is 6.95. The van der Waals surface area contributed by atoms with Crippen LogP contribution in [0.15, 0.2) is 53.4 Å². The quantitative estimate of drug-likeness (QED) is 0.580. The minimum absolute atomic E-state index is 0.0247. The average molecular weight is 332 g/mol. The van der Waals surface area contributed by atoms with E-state index in [1.54, 1.807) is 0 Å². The van der Waals surface area contributed by atoms with Gasteiger partial charge in [0.25, 0.3) is 10.0 Å². The number of carbonyl (C=O) groups is 1. The van der Waals surface area contributed by atoms with E-state index >= 15 is 0 Å². The van der Waals surface area contributed by atoms with E-state index in [-0.39, 0.29) is 4.90 Å². The van der Waals surface area contributed by atoms with Crippen LogP contribution in [0, 0.1) is 0 Å². The molecular formula is C15H16N4O3S. The second-order valence-electron chi connectivity index (χ2n) is 5.23. The second kappa shape index (κ2) is 5.90. The topological polar surface area (TPSA) is 105 Å². The second-order valence-corrected chi connectivity index (χ2v) is 6.91. The number of fused-ring (bicyclic) bond motifs is 1. The molecule has 0 aromatic heterocycles. The Morgan fingerprint density at radius 1 is 1.00 bits per heavy atom. The normalized spacial score (nSPS) is 13.7. The van der Waals surface area contributed by atoms with E-state index in [1.807, 2.05) is 24.3 Å². The van der Waals surface area contributed by atoms with Gasteiger partial charge in [-0.05, 0) is 35.4 Å². The van der Waals surface area contributed by atoms with Crippen molar-refractivity contribution in [3.05, 3.63) is 59.7 Å². The monoisotopic (exact) mass is 332 g/mol. The standard InChI is InChI=1S/C15H16N4O3S/c16-13-5-7-14(8-6-13)23(21,22)18-17-15(20)19-9-11-3-1-2-4-12(11)10-19/h1-8,18H,9-10,16H2,(H,17,20). The van der Waals surface area contributed by atoms with Gasteiger partial charge in [-0.2, -0.15) is 0 Å². The molecule has 0 atom stereocenters. The SMILES string of the molecule is Nc1ccc(S(=O)(=O)NNC(=O)N2Cc3ccccc3C2)cc1. The number of rotatable bonds is 3. The highest BCUT2D eigenvalue weighted by Gasteiger charge is 2.24. The summed E-state index contributed by atoms with van der Waals surface area (Å²) >= 11 is 0. The van der Waals surface area contributed by atoms with Crippen molar-refractivity contribution >= 4 is 21.7 Å². The number of hydrogen-bond acceptors (Lipinski definition) is 4. The van der Waals surface area contributed by atoms with Gasteiger partial charge in [-0.3, -0.25) is 5.43 Å². The maximum absolute atomic E-state index is 12.1. The van der Waals surface area contributed by atoms with Crippen LogP contribution in [0.2, 0.25) is 0 Å². The van der Waals surface area contributed by atoms with E-state index in [1.165, 1.54) is 29.2 Å². The van der Waals surface area contributed by atoms with E-state index in [0.29, 0.717) is 18.8 Å². The Morgan fingerprint density at radius 3 is 2.13 bits per heavy atom. The van der Waals surface area contributed by atoms with Crippen LogP contribution in [0.5, 0.6) is 0 Å². The maximum atomic E-state index is 12.1. The summed E-state index contributed by atoms with van der Waals surface area (Å²) in [7, 11) is -3.83. The zero-order valence-electron chi connectivity index (χ0n) is 12.2. The molecule has 0 aliphatic carbocycles. The molecule has 1 aliphatic heterocycles. The smallest absolute Gasteiger partial charge is 0.333 e. The van der Waals surface area contributed by atoms with Crippen LogP contribution in [-0.4, -0.2) is 19.3 Å². The Bertz CT molecular complexity index is 809. The number of nitrogens with one attached hydrogen (secondary N) is 2. The van der Waals surface area contributed by atoms with Crippen molar-refractivity contribution in [1.29, 1.82) is 0 Å². The van der Waals surface area contributed by atoms with E-state index in [2.05, 4.69) is 10.3 Å². The predicted octanol–water partition coefficient (Wildman–Crippen LogP) is 1.19. The number of nitrogens with zero attached hydrogens (tertiary/aromatic N) is 1. The molecule has 1 aliphatic rings. The van der Waals surface area contributed by atoms with E-state index < -0.39 is 16.1 Å². The number of hydrazine groups is 1. The van der Waals surface area contributed by atoms with Crippen LogP contribution < -0.4 is 16.0 Å². The Kier molecular flexibility index (Phi) is 3.93. The molecule has 120 valence electrons. The Hall–Kier alpha value is -2.58. The zero-order valence-corrected chi connectivity index (χ0v) is 13.0. The fourth-order valence-corrected chi connectivity index (χ4v) is 3.21. The van der Waals surface area contributed by atoms with Gasteiger partial charge in [0.15, 0.2) is 0 Å². The minimum Gasteiger partial charge on any atom is -0.399 e. The van der Waals surface area contributed by atoms with Gasteiger partial charge in [-0.1, -0.05) is 24.3 Å². The van der Waals surface area contributed by atoms with Crippen LogP contribution in [0.3, 0.4) is 0 Å². The summed E-state index contributed by atoms with van der Waals surface area (Å²) in [5.74, 6) is 0. The molecule has 1 heterocycles. The Balaban J connectivity index is 1.62. The Labute approximate surface area is 134 Å². The largest absolute Gasteiger partial charge is 0.399 e. The number of hydrogen-bond donors (Lipinski definition) is 3. The number of anilines is 1. The van der Waals surface area contributed by atoms with Crippen molar-refractivity contribution in [3.8, 4) is 0 Å². The molecule has 0 saturated carbocycles. The first kappa shape index (κ1) is 15.3. The number of nitrogen functional groups attached to an aromatic ring is 1. The van der Waals surface area contributed by atoms with Gasteiger partial charge in [0.05, 0.1) is 4.90 Å². The molecule has 0 unspecified atom stereocenters. The summed E-state index contributed by atoms with van der Waals surface area (Å²) < 4.78 is 24.2. The lowest BCUT2D eigenvalue weighted by Crippen LogP contribution is -2.47. The molecule has 23 heavy (non-hydrogen) atoms. The van der Waals surface area contributed by atoms with Gasteiger partial charge in [0.2, 0.25) is 0 Å². The van der Waals surface area contributed by atoms with Crippen LogP contribution >= 0.6 is 0 Å². The van der Waals surface area contributed by atoms with Gasteiger partial charge >= 0.3 is 6.03 Å². The number of nitrogens with two attached hydrogens (primary N) is 1. The lowest BCUT2D eigenvalue weighted by Gasteiger charge is -2.17. The number of sulfonamides is 1. The summed E-state index contributed by atoms with van der Waals surface area (Å²) in [5.41, 5.74) is 10.3. The van der Waals surface area contributed by atoms with Crippen LogP contribution in [0.4, 0.5) is 10.5 Å². The van der Waals surface area contributed by atoms with Gasteiger partial charge in [0.1, 0.15) is 0 Å². The summed E-state index contributed by atoms with van der Waals surface area (Å²) in [6.45, 7) is 0.900. The highest BCUT2D eigenvalue weighted by molar-refractivity contribution is 7.89. The number of carbonyl (C=O) groups excluding carboxylic acids is 1. The predicted molar refractivity (Wildman–Crippen MR) is 85.4 cm³/mol. The van der Waals surface area contributed by atoms with Crippen LogP contribution in [0.25, 0.3) is 0 Å². The molecule has 4 N–H and O–H groups in total. The third-order valence-corrected chi connectivity index (χ3v) is 4.87. The van der Waals surface area contributed by atoms with Crippen molar-refractivity contribution in [2.45, 2.75) is 18.0 Å². The van der Waals surface area contributed by atoms with Crippen molar-refractivity contribution in [2.75, 3.05) is 5.73 Å². The molecule has 7 nitrogen and oxygen atoms in total. The fraction of sp³-hybridized carbons (Fsp3) is 0.133. The van der Waals surface area contributed by atoms with Crippen molar-refractivity contribution in [1.82, 2.24) is 15.2 Å². The molecule has 0 saturated heterocycles. The summed E-state index contributed by atoms with van der Waals surface area (Å²) in [5, 5.41) is 0. The molecule has 2 aromatic carbocycles. The number of benzene rings is 2. The van der Waals surface area contributed by atoms with Gasteiger partial charge in [-0.25, -0.2) is 13.2 Å². The first-order valence-corrected chi connectivity index (χ1v) is 8.43. The highest BCUT2D eigenvalue weighted by atomic mass is 32.2. The molecule has 3 rings (SSSR count). The van der Waals surface area contributed by atoms with Crippen molar-refractivity contribution in [2.24, 2.45) is 0 Å².